The maximum absolute atomic E-state index is 5.91. The lowest BCUT2D eigenvalue weighted by atomic mass is 10.0. The van der Waals surface area contributed by atoms with Crippen LogP contribution < -0.4 is 10.1 Å². The van der Waals surface area contributed by atoms with E-state index in [1.165, 1.54) is 0 Å². The molecular weight excluding hydrogens is 348 g/mol. The molecule has 5 heteroatoms. The van der Waals surface area contributed by atoms with Crippen LogP contribution in [0.5, 0.6) is 5.75 Å². The Hall–Kier alpha value is -2.50. The first kappa shape index (κ1) is 18.8. The molecule has 28 heavy (non-hydrogen) atoms. The first-order valence-corrected chi connectivity index (χ1v) is 10.2. The molecule has 0 spiro atoms. The van der Waals surface area contributed by atoms with E-state index in [1.54, 1.807) is 0 Å². The number of benzene rings is 2. The summed E-state index contributed by atoms with van der Waals surface area (Å²) in [6.07, 6.45) is 1.15. The number of fused-ring (bicyclic) bond motifs is 1. The highest BCUT2D eigenvalue weighted by Crippen LogP contribution is 2.35. The maximum atomic E-state index is 5.91. The smallest absolute Gasteiger partial charge is 0.128 e. The number of hydrogen-bond donors (Lipinski definition) is 1. The molecular formula is C23H28N4O. The molecule has 4 rings (SSSR count). The van der Waals surface area contributed by atoms with Crippen molar-refractivity contribution in [3.05, 3.63) is 54.2 Å². The second-order valence-corrected chi connectivity index (χ2v) is 7.19. The summed E-state index contributed by atoms with van der Waals surface area (Å²) >= 11 is 0. The molecule has 0 saturated carbocycles. The van der Waals surface area contributed by atoms with E-state index >= 15 is 0 Å². The van der Waals surface area contributed by atoms with Gasteiger partial charge < -0.3 is 10.1 Å². The number of nitrogens with zero attached hydrogens (tertiary/aromatic N) is 3. The molecule has 146 valence electrons. The lowest BCUT2D eigenvalue weighted by Crippen LogP contribution is -2.31. The quantitative estimate of drug-likeness (QED) is 0.728. The van der Waals surface area contributed by atoms with Gasteiger partial charge in [0.25, 0.3) is 0 Å². The van der Waals surface area contributed by atoms with Gasteiger partial charge in [0.1, 0.15) is 5.75 Å². The average Bonchev–Trinajstić information content (AvgIpc) is 3.02. The van der Waals surface area contributed by atoms with Crippen LogP contribution in [0.4, 0.5) is 0 Å². The number of ether oxygens (including phenoxy) is 1. The fourth-order valence-electron chi connectivity index (χ4n) is 3.87. The summed E-state index contributed by atoms with van der Waals surface area (Å²) in [5, 5.41) is 3.49. The van der Waals surface area contributed by atoms with E-state index < -0.39 is 0 Å². The molecule has 1 fully saturated rings. The SMILES string of the molecule is CCOc1ccccc1-c1nc2ccccc2nc1C(C)N1CCCNCC1. The normalized spacial score (nSPS) is 16.6. The Labute approximate surface area is 166 Å². The zero-order chi connectivity index (χ0) is 19.3. The summed E-state index contributed by atoms with van der Waals surface area (Å²) in [7, 11) is 0. The molecule has 1 aromatic heterocycles. The lowest BCUT2D eigenvalue weighted by molar-refractivity contribution is 0.222. The molecule has 1 atom stereocenters. The highest BCUT2D eigenvalue weighted by molar-refractivity contribution is 5.80. The van der Waals surface area contributed by atoms with Crippen LogP contribution in [-0.4, -0.2) is 47.7 Å². The lowest BCUT2D eigenvalue weighted by Gasteiger charge is -2.28. The summed E-state index contributed by atoms with van der Waals surface area (Å²) in [5.41, 5.74) is 4.81. The largest absolute Gasteiger partial charge is 0.493 e. The van der Waals surface area contributed by atoms with Crippen LogP contribution in [-0.2, 0) is 0 Å². The molecule has 0 amide bonds. The molecule has 5 nitrogen and oxygen atoms in total. The van der Waals surface area contributed by atoms with Crippen molar-refractivity contribution in [2.24, 2.45) is 0 Å². The maximum Gasteiger partial charge on any atom is 0.128 e. The third-order valence-corrected chi connectivity index (χ3v) is 5.36. The van der Waals surface area contributed by atoms with Gasteiger partial charge in [-0.25, -0.2) is 9.97 Å². The van der Waals surface area contributed by atoms with Crippen molar-refractivity contribution < 1.29 is 4.74 Å². The van der Waals surface area contributed by atoms with Crippen molar-refractivity contribution in [1.82, 2.24) is 20.2 Å². The van der Waals surface area contributed by atoms with Gasteiger partial charge in [0.15, 0.2) is 0 Å². The number of para-hydroxylation sites is 3. The molecule has 1 aliphatic heterocycles. The first-order valence-electron chi connectivity index (χ1n) is 10.2. The molecule has 1 N–H and O–H groups in total. The Balaban J connectivity index is 1.85. The topological polar surface area (TPSA) is 50.3 Å². The van der Waals surface area contributed by atoms with Crippen molar-refractivity contribution in [1.29, 1.82) is 0 Å². The molecule has 1 aliphatic rings. The van der Waals surface area contributed by atoms with Gasteiger partial charge in [-0.3, -0.25) is 4.90 Å². The van der Waals surface area contributed by atoms with Gasteiger partial charge in [0.2, 0.25) is 0 Å². The van der Waals surface area contributed by atoms with E-state index in [0.29, 0.717) is 6.61 Å². The molecule has 0 radical (unpaired) electrons. The van der Waals surface area contributed by atoms with E-state index in [9.17, 15) is 0 Å². The number of hydrogen-bond acceptors (Lipinski definition) is 5. The Morgan fingerprint density at radius 1 is 1.00 bits per heavy atom. The third-order valence-electron chi connectivity index (χ3n) is 5.36. The molecule has 1 unspecified atom stereocenters. The molecule has 3 aromatic rings. The van der Waals surface area contributed by atoms with E-state index in [0.717, 1.165) is 66.3 Å². The fraction of sp³-hybridized carbons (Fsp3) is 0.391. The van der Waals surface area contributed by atoms with Gasteiger partial charge in [0, 0.05) is 25.2 Å². The number of rotatable bonds is 5. The Morgan fingerprint density at radius 2 is 1.75 bits per heavy atom. The Kier molecular flexibility index (Phi) is 5.84. The van der Waals surface area contributed by atoms with Gasteiger partial charge in [-0.1, -0.05) is 24.3 Å². The van der Waals surface area contributed by atoms with Gasteiger partial charge >= 0.3 is 0 Å². The van der Waals surface area contributed by atoms with Gasteiger partial charge in [-0.15, -0.1) is 0 Å². The predicted octanol–water partition coefficient (Wildman–Crippen LogP) is 4.05. The molecule has 2 aromatic carbocycles. The highest BCUT2D eigenvalue weighted by atomic mass is 16.5. The van der Waals surface area contributed by atoms with Crippen molar-refractivity contribution in [3.8, 4) is 17.0 Å². The van der Waals surface area contributed by atoms with Gasteiger partial charge in [-0.05, 0) is 51.1 Å². The number of nitrogens with one attached hydrogen (secondary N) is 1. The minimum Gasteiger partial charge on any atom is -0.493 e. The number of aromatic nitrogens is 2. The second kappa shape index (κ2) is 8.67. The first-order chi connectivity index (χ1) is 13.8. The van der Waals surface area contributed by atoms with Crippen LogP contribution in [0.2, 0.25) is 0 Å². The molecule has 0 aliphatic carbocycles. The second-order valence-electron chi connectivity index (χ2n) is 7.19. The minimum atomic E-state index is 0.182. The van der Waals surface area contributed by atoms with Gasteiger partial charge in [0.05, 0.1) is 35.1 Å². The van der Waals surface area contributed by atoms with Crippen LogP contribution in [0.25, 0.3) is 22.3 Å². The Bertz CT molecular complexity index is 935. The fourth-order valence-corrected chi connectivity index (χ4v) is 3.87. The van der Waals surface area contributed by atoms with E-state index in [-0.39, 0.29) is 6.04 Å². The van der Waals surface area contributed by atoms with Crippen LogP contribution in [0.3, 0.4) is 0 Å². The van der Waals surface area contributed by atoms with Crippen molar-refractivity contribution in [2.75, 3.05) is 32.8 Å². The summed E-state index contributed by atoms with van der Waals surface area (Å²) in [6, 6.07) is 16.4. The van der Waals surface area contributed by atoms with E-state index in [2.05, 4.69) is 23.2 Å². The van der Waals surface area contributed by atoms with Gasteiger partial charge in [-0.2, -0.15) is 0 Å². The third kappa shape index (κ3) is 3.86. The van der Waals surface area contributed by atoms with Crippen molar-refractivity contribution in [2.45, 2.75) is 26.3 Å². The van der Waals surface area contributed by atoms with Crippen LogP contribution in [0.15, 0.2) is 48.5 Å². The summed E-state index contributed by atoms with van der Waals surface area (Å²) in [4.78, 5) is 12.6. The van der Waals surface area contributed by atoms with Crippen LogP contribution in [0.1, 0.15) is 32.0 Å². The van der Waals surface area contributed by atoms with E-state index in [1.807, 2.05) is 49.4 Å². The van der Waals surface area contributed by atoms with Crippen molar-refractivity contribution >= 4 is 11.0 Å². The standard InChI is InChI=1S/C23H28N4O/c1-3-28-21-12-7-4-9-18(21)23-22(17(2)27-15-8-13-24-14-16-27)25-19-10-5-6-11-20(19)26-23/h4-7,9-12,17,24H,3,8,13-16H2,1-2H3. The zero-order valence-corrected chi connectivity index (χ0v) is 16.7. The Morgan fingerprint density at radius 3 is 2.57 bits per heavy atom. The van der Waals surface area contributed by atoms with Crippen LogP contribution in [0, 0.1) is 0 Å². The zero-order valence-electron chi connectivity index (χ0n) is 16.7. The average molecular weight is 377 g/mol. The van der Waals surface area contributed by atoms with Crippen LogP contribution >= 0.6 is 0 Å². The van der Waals surface area contributed by atoms with Crippen molar-refractivity contribution in [3.63, 3.8) is 0 Å². The summed E-state index contributed by atoms with van der Waals surface area (Å²) in [5.74, 6) is 0.862. The highest BCUT2D eigenvalue weighted by Gasteiger charge is 2.24. The molecule has 2 heterocycles. The predicted molar refractivity (Wildman–Crippen MR) is 114 cm³/mol. The van der Waals surface area contributed by atoms with E-state index in [4.69, 9.17) is 14.7 Å². The molecule has 0 bridgehead atoms. The summed E-state index contributed by atoms with van der Waals surface area (Å²) < 4.78 is 5.91. The minimum absolute atomic E-state index is 0.182. The summed E-state index contributed by atoms with van der Waals surface area (Å²) in [6.45, 7) is 9.05. The molecule has 1 saturated heterocycles. The monoisotopic (exact) mass is 376 g/mol.